The van der Waals surface area contributed by atoms with Crippen LogP contribution < -0.4 is 5.32 Å². The summed E-state index contributed by atoms with van der Waals surface area (Å²) in [5.41, 5.74) is 5.28. The van der Waals surface area contributed by atoms with Gasteiger partial charge in [0.1, 0.15) is 12.7 Å². The molecule has 0 saturated carbocycles. The summed E-state index contributed by atoms with van der Waals surface area (Å²) in [5.74, 6) is 0. The Bertz CT molecular complexity index is 1090. The summed E-state index contributed by atoms with van der Waals surface area (Å²) >= 11 is 0. The Morgan fingerprint density at radius 3 is 2.84 bits per heavy atom. The minimum atomic E-state index is 0.599. The SMILES string of the molecule is c1ccc(CN2CCNCC2CCCc2c[nH]c3ccc(Cn4cncn4)cc23)cc1. The summed E-state index contributed by atoms with van der Waals surface area (Å²) in [4.78, 5) is 10.1. The second-order valence-electron chi connectivity index (χ2n) is 8.49. The molecule has 2 N–H and O–H groups in total. The van der Waals surface area contributed by atoms with Crippen LogP contribution in [0.4, 0.5) is 0 Å². The van der Waals surface area contributed by atoms with E-state index in [1.54, 1.807) is 12.7 Å². The van der Waals surface area contributed by atoms with Crippen molar-refractivity contribution in [2.45, 2.75) is 38.4 Å². The van der Waals surface area contributed by atoms with Crippen molar-refractivity contribution in [2.75, 3.05) is 19.6 Å². The Balaban J connectivity index is 1.22. The molecule has 0 radical (unpaired) electrons. The summed E-state index contributed by atoms with van der Waals surface area (Å²) in [5, 5.41) is 9.15. The van der Waals surface area contributed by atoms with Gasteiger partial charge in [-0.05, 0) is 48.1 Å². The zero-order valence-corrected chi connectivity index (χ0v) is 17.9. The fourth-order valence-corrected chi connectivity index (χ4v) is 4.67. The van der Waals surface area contributed by atoms with E-state index < -0.39 is 0 Å². The van der Waals surface area contributed by atoms with Crippen molar-refractivity contribution in [3.8, 4) is 0 Å². The first kappa shape index (κ1) is 20.0. The van der Waals surface area contributed by atoms with Crippen LogP contribution in [-0.2, 0) is 19.5 Å². The quantitative estimate of drug-likeness (QED) is 0.462. The molecule has 31 heavy (non-hydrogen) atoms. The first-order valence-electron chi connectivity index (χ1n) is 11.3. The minimum absolute atomic E-state index is 0.599. The lowest BCUT2D eigenvalue weighted by molar-refractivity contribution is 0.143. The predicted octanol–water partition coefficient (Wildman–Crippen LogP) is 3.60. The van der Waals surface area contributed by atoms with Gasteiger partial charge in [-0.2, -0.15) is 5.10 Å². The van der Waals surface area contributed by atoms with Crippen molar-refractivity contribution in [2.24, 2.45) is 0 Å². The van der Waals surface area contributed by atoms with Crippen molar-refractivity contribution in [3.05, 3.63) is 84.1 Å². The normalized spacial score (nSPS) is 17.4. The van der Waals surface area contributed by atoms with Crippen molar-refractivity contribution in [3.63, 3.8) is 0 Å². The molecule has 3 heterocycles. The lowest BCUT2D eigenvalue weighted by Crippen LogP contribution is -2.50. The lowest BCUT2D eigenvalue weighted by Gasteiger charge is -2.36. The van der Waals surface area contributed by atoms with Crippen LogP contribution in [0.3, 0.4) is 0 Å². The van der Waals surface area contributed by atoms with Gasteiger partial charge >= 0.3 is 0 Å². The molecule has 2 aromatic heterocycles. The molecular formula is C25H30N6. The van der Waals surface area contributed by atoms with Crippen molar-refractivity contribution < 1.29 is 0 Å². The number of aromatic nitrogens is 4. The highest BCUT2D eigenvalue weighted by Gasteiger charge is 2.21. The Hall–Kier alpha value is -2.96. The molecule has 0 aliphatic carbocycles. The highest BCUT2D eigenvalue weighted by molar-refractivity contribution is 5.83. The number of piperazine rings is 1. The predicted molar refractivity (Wildman–Crippen MR) is 124 cm³/mol. The molecule has 4 aromatic rings. The van der Waals surface area contributed by atoms with E-state index >= 15 is 0 Å². The van der Waals surface area contributed by atoms with E-state index in [0.29, 0.717) is 6.04 Å². The molecule has 0 bridgehead atoms. The third kappa shape index (κ3) is 4.86. The van der Waals surface area contributed by atoms with Gasteiger partial charge in [0.05, 0.1) is 6.54 Å². The van der Waals surface area contributed by atoms with Crippen molar-refractivity contribution in [1.29, 1.82) is 0 Å². The van der Waals surface area contributed by atoms with Crippen LogP contribution in [0.2, 0.25) is 0 Å². The van der Waals surface area contributed by atoms with Crippen LogP contribution in [-0.4, -0.2) is 50.3 Å². The highest BCUT2D eigenvalue weighted by atomic mass is 15.3. The molecule has 1 atom stereocenters. The number of fused-ring (bicyclic) bond motifs is 1. The van der Waals surface area contributed by atoms with Crippen LogP contribution in [0.1, 0.15) is 29.5 Å². The minimum Gasteiger partial charge on any atom is -0.361 e. The van der Waals surface area contributed by atoms with Gasteiger partial charge in [-0.25, -0.2) is 9.67 Å². The fraction of sp³-hybridized carbons (Fsp3) is 0.360. The maximum atomic E-state index is 4.23. The Morgan fingerprint density at radius 1 is 1.03 bits per heavy atom. The molecule has 6 nitrogen and oxygen atoms in total. The first-order chi connectivity index (χ1) is 15.3. The van der Waals surface area contributed by atoms with E-state index in [1.165, 1.54) is 40.4 Å². The van der Waals surface area contributed by atoms with Crippen LogP contribution >= 0.6 is 0 Å². The van der Waals surface area contributed by atoms with Gasteiger partial charge in [0.2, 0.25) is 0 Å². The van der Waals surface area contributed by atoms with Crippen LogP contribution in [0.15, 0.2) is 67.4 Å². The van der Waals surface area contributed by atoms with E-state index in [2.05, 4.69) is 80.0 Å². The molecule has 1 aliphatic heterocycles. The molecule has 2 aromatic carbocycles. The smallest absolute Gasteiger partial charge is 0.137 e. The number of hydrogen-bond donors (Lipinski definition) is 2. The summed E-state index contributed by atoms with van der Waals surface area (Å²) in [6.07, 6.45) is 9.04. The average molecular weight is 415 g/mol. The molecule has 0 amide bonds. The van der Waals surface area contributed by atoms with Gasteiger partial charge in [0, 0.05) is 49.3 Å². The molecule has 1 unspecified atom stereocenters. The number of rotatable bonds is 8. The third-order valence-corrected chi connectivity index (χ3v) is 6.33. The topological polar surface area (TPSA) is 61.8 Å². The Labute approximate surface area is 183 Å². The monoisotopic (exact) mass is 414 g/mol. The molecule has 6 heteroatoms. The van der Waals surface area contributed by atoms with Crippen LogP contribution in [0, 0.1) is 0 Å². The molecule has 5 rings (SSSR count). The summed E-state index contributed by atoms with van der Waals surface area (Å²) in [7, 11) is 0. The molecular weight excluding hydrogens is 384 g/mol. The maximum absolute atomic E-state index is 4.23. The molecule has 1 saturated heterocycles. The molecule has 160 valence electrons. The average Bonchev–Trinajstić information content (AvgIpc) is 3.46. The number of hydrogen-bond acceptors (Lipinski definition) is 4. The second-order valence-corrected chi connectivity index (χ2v) is 8.49. The van der Waals surface area contributed by atoms with Crippen LogP contribution in [0.5, 0.6) is 0 Å². The highest BCUT2D eigenvalue weighted by Crippen LogP contribution is 2.23. The number of H-pyrrole nitrogens is 1. The van der Waals surface area contributed by atoms with E-state index in [1.807, 2.05) is 4.68 Å². The van der Waals surface area contributed by atoms with Gasteiger partial charge < -0.3 is 10.3 Å². The Kier molecular flexibility index (Phi) is 6.09. The van der Waals surface area contributed by atoms with Crippen molar-refractivity contribution >= 4 is 10.9 Å². The lowest BCUT2D eigenvalue weighted by atomic mass is 10.0. The standard InChI is InChI=1S/C25H30N6/c1-2-5-20(6-3-1)16-30-12-11-26-15-23(30)8-4-7-22-14-28-25-10-9-21(13-24(22)25)17-31-19-27-18-29-31/h1-3,5-6,9-10,13-14,18-19,23,26,28H,4,7-8,11-12,15-17H2. The van der Waals surface area contributed by atoms with E-state index in [-0.39, 0.29) is 0 Å². The van der Waals surface area contributed by atoms with Gasteiger partial charge in [-0.1, -0.05) is 36.4 Å². The zero-order valence-electron chi connectivity index (χ0n) is 17.9. The number of aromatic amines is 1. The molecule has 1 fully saturated rings. The third-order valence-electron chi connectivity index (χ3n) is 6.33. The first-order valence-corrected chi connectivity index (χ1v) is 11.3. The summed E-state index contributed by atoms with van der Waals surface area (Å²) in [6.45, 7) is 5.09. The van der Waals surface area contributed by atoms with Crippen molar-refractivity contribution in [1.82, 2.24) is 30.0 Å². The second kappa shape index (κ2) is 9.45. The number of nitrogens with one attached hydrogen (secondary N) is 2. The Morgan fingerprint density at radius 2 is 1.97 bits per heavy atom. The maximum Gasteiger partial charge on any atom is 0.137 e. The van der Waals surface area contributed by atoms with E-state index in [4.69, 9.17) is 0 Å². The van der Waals surface area contributed by atoms with E-state index in [9.17, 15) is 0 Å². The van der Waals surface area contributed by atoms with Crippen LogP contribution in [0.25, 0.3) is 10.9 Å². The molecule has 1 aliphatic rings. The number of nitrogens with zero attached hydrogens (tertiary/aromatic N) is 4. The summed E-state index contributed by atoms with van der Waals surface area (Å²) in [6, 6.07) is 18.1. The van der Waals surface area contributed by atoms with Gasteiger partial charge in [-0.3, -0.25) is 4.90 Å². The molecule has 0 spiro atoms. The number of aryl methyl sites for hydroxylation is 1. The fourth-order valence-electron chi connectivity index (χ4n) is 4.67. The van der Waals surface area contributed by atoms with Gasteiger partial charge in [-0.15, -0.1) is 0 Å². The largest absolute Gasteiger partial charge is 0.361 e. The summed E-state index contributed by atoms with van der Waals surface area (Å²) < 4.78 is 1.87. The van der Waals surface area contributed by atoms with Gasteiger partial charge in [0.25, 0.3) is 0 Å². The van der Waals surface area contributed by atoms with Gasteiger partial charge in [0.15, 0.2) is 0 Å². The zero-order chi connectivity index (χ0) is 20.9. The van der Waals surface area contributed by atoms with E-state index in [0.717, 1.165) is 39.1 Å². The number of benzene rings is 2.